The summed E-state index contributed by atoms with van der Waals surface area (Å²) in [6.45, 7) is 3.66. The van der Waals surface area contributed by atoms with Crippen LogP contribution in [-0.2, 0) is 19.2 Å². The first kappa shape index (κ1) is 19.4. The van der Waals surface area contributed by atoms with Crippen molar-refractivity contribution in [3.8, 4) is 0 Å². The van der Waals surface area contributed by atoms with Crippen LogP contribution >= 0.6 is 0 Å². The molecule has 1 heterocycles. The molecule has 7 nitrogen and oxygen atoms in total. The summed E-state index contributed by atoms with van der Waals surface area (Å²) in [6.07, 6.45) is 4.83. The molecular formula is C18H17N3O4S. The number of pyridine rings is 1. The molecule has 1 N–H and O–H groups in total. The molecule has 26 heavy (non-hydrogen) atoms. The number of benzene rings is 1. The molecule has 0 spiro atoms. The largest absolute Gasteiger partial charge is 0.758 e. The van der Waals surface area contributed by atoms with Crippen molar-refractivity contribution < 1.29 is 19.4 Å². The van der Waals surface area contributed by atoms with Gasteiger partial charge < -0.3 is 22.7 Å². The van der Waals surface area contributed by atoms with Crippen LogP contribution < -0.4 is 4.57 Å². The van der Waals surface area contributed by atoms with Gasteiger partial charge in [0.1, 0.15) is 0 Å². The molecular weight excluding hydrogens is 354 g/mol. The van der Waals surface area contributed by atoms with Crippen LogP contribution in [0.25, 0.3) is 0 Å². The van der Waals surface area contributed by atoms with Crippen LogP contribution in [-0.4, -0.2) is 27.4 Å². The van der Waals surface area contributed by atoms with E-state index in [1.807, 2.05) is 0 Å². The monoisotopic (exact) mass is 371 g/mol. The minimum Gasteiger partial charge on any atom is -0.758 e. The Balaban J connectivity index is 2.46. The van der Waals surface area contributed by atoms with Crippen molar-refractivity contribution >= 4 is 29.1 Å². The van der Waals surface area contributed by atoms with Crippen molar-refractivity contribution in [1.29, 1.82) is 0 Å². The predicted octanol–water partition coefficient (Wildman–Crippen LogP) is 1.93. The number of carbonyl (C=O) groups is 1. The molecule has 0 bridgehead atoms. The van der Waals surface area contributed by atoms with E-state index in [1.54, 1.807) is 35.2 Å². The molecule has 8 heteroatoms. The van der Waals surface area contributed by atoms with E-state index in [-0.39, 0.29) is 35.2 Å². The van der Waals surface area contributed by atoms with Crippen molar-refractivity contribution in [1.82, 2.24) is 0 Å². The van der Waals surface area contributed by atoms with Gasteiger partial charge in [-0.15, -0.1) is 6.58 Å². The maximum absolute atomic E-state index is 13.0. The zero-order chi connectivity index (χ0) is 19.1. The Bertz CT molecular complexity index is 850. The number of ketones is 1. The van der Waals surface area contributed by atoms with Crippen LogP contribution in [0.4, 0.5) is 5.69 Å². The number of nitrogens with zero attached hydrogens (tertiary/aromatic N) is 3. The number of rotatable bonds is 8. The molecule has 0 saturated carbocycles. The first-order chi connectivity index (χ1) is 12.5. The molecule has 1 unspecified atom stereocenters. The summed E-state index contributed by atoms with van der Waals surface area (Å²) in [5.74, 6) is -0.349. The number of Topliss-reactive ketones (excluding diaryl/α,β-unsaturated/α-hetero) is 1. The minimum absolute atomic E-state index is 0.105. The van der Waals surface area contributed by atoms with E-state index in [1.165, 1.54) is 24.3 Å². The molecule has 0 aliphatic rings. The van der Waals surface area contributed by atoms with Gasteiger partial charge in [-0.05, 0) is 23.2 Å². The van der Waals surface area contributed by atoms with Crippen molar-refractivity contribution in [3.05, 3.63) is 82.7 Å². The van der Waals surface area contributed by atoms with E-state index in [0.717, 1.165) is 0 Å². The van der Waals surface area contributed by atoms with Crippen LogP contribution in [0.15, 0.2) is 66.4 Å². The topological polar surface area (TPSA) is 96.7 Å². The lowest BCUT2D eigenvalue weighted by atomic mass is 10.0. The lowest BCUT2D eigenvalue weighted by Gasteiger charge is -2.18. The average Bonchev–Trinajstić information content (AvgIpc) is 2.66. The lowest BCUT2D eigenvalue weighted by Crippen LogP contribution is -2.48. The Kier molecular flexibility index (Phi) is 6.65. The third kappa shape index (κ3) is 4.56. The molecule has 2 rings (SSSR count). The van der Waals surface area contributed by atoms with Gasteiger partial charge in [0.15, 0.2) is 12.4 Å². The van der Waals surface area contributed by atoms with Gasteiger partial charge in [0.2, 0.25) is 11.8 Å². The summed E-state index contributed by atoms with van der Waals surface area (Å²) in [4.78, 5) is 27.4. The van der Waals surface area contributed by atoms with Gasteiger partial charge in [-0.1, -0.05) is 6.08 Å². The zero-order valence-corrected chi connectivity index (χ0v) is 14.6. The number of hydrogen-bond donors (Lipinski definition) is 1. The van der Waals surface area contributed by atoms with E-state index >= 15 is 0 Å². The summed E-state index contributed by atoms with van der Waals surface area (Å²) >= 11 is 5.32. The molecule has 0 amide bonds. The van der Waals surface area contributed by atoms with Gasteiger partial charge in [-0.3, -0.25) is 14.9 Å². The van der Waals surface area contributed by atoms with Crippen LogP contribution in [0, 0.1) is 10.1 Å². The van der Waals surface area contributed by atoms with Crippen LogP contribution in [0.5, 0.6) is 0 Å². The summed E-state index contributed by atoms with van der Waals surface area (Å²) in [5.41, 5.74) is 0.783. The number of nitro groups is 1. The van der Waals surface area contributed by atoms with Crippen LogP contribution in [0.3, 0.4) is 0 Å². The Morgan fingerprint density at radius 1 is 1.38 bits per heavy atom. The number of hydrogen-bond acceptors (Lipinski definition) is 6. The lowest BCUT2D eigenvalue weighted by molar-refractivity contribution is -0.692. The van der Waals surface area contributed by atoms with E-state index in [2.05, 4.69) is 11.6 Å². The predicted molar refractivity (Wildman–Crippen MR) is 98.9 cm³/mol. The van der Waals surface area contributed by atoms with Crippen molar-refractivity contribution in [2.75, 3.05) is 6.54 Å². The molecule has 0 aliphatic carbocycles. The highest BCUT2D eigenvalue weighted by molar-refractivity contribution is 7.77. The second-order valence-corrected chi connectivity index (χ2v) is 5.77. The molecule has 134 valence electrons. The molecule has 0 aliphatic heterocycles. The Morgan fingerprint density at radius 3 is 2.65 bits per heavy atom. The summed E-state index contributed by atoms with van der Waals surface area (Å²) < 4.78 is 1.57. The number of aromatic nitrogens is 1. The first-order valence-corrected chi connectivity index (χ1v) is 8.10. The number of aliphatic hydroxyl groups is 1. The van der Waals surface area contributed by atoms with Gasteiger partial charge in [0.25, 0.3) is 5.69 Å². The number of non-ortho nitro benzene ring substituents is 1. The maximum Gasteiger partial charge on any atom is 0.269 e. The highest BCUT2D eigenvalue weighted by Gasteiger charge is 2.28. The van der Waals surface area contributed by atoms with E-state index < -0.39 is 11.0 Å². The van der Waals surface area contributed by atoms with Gasteiger partial charge in [0, 0.05) is 29.3 Å². The van der Waals surface area contributed by atoms with Crippen LogP contribution in [0.2, 0.25) is 0 Å². The fourth-order valence-electron chi connectivity index (χ4n) is 2.32. The molecule has 1 aromatic heterocycles. The highest BCUT2D eigenvalue weighted by Crippen LogP contribution is 2.16. The van der Waals surface area contributed by atoms with Gasteiger partial charge in [-0.2, -0.15) is 4.57 Å². The molecule has 2 aromatic rings. The molecule has 0 fully saturated rings. The SMILES string of the molecule is C=CCN=C([S-])C(C(=O)c1ccc([N+](=O)[O-])cc1)[n+]1cccc(CO)c1. The Morgan fingerprint density at radius 2 is 2.08 bits per heavy atom. The number of aliphatic imine (C=N–C) groups is 1. The summed E-state index contributed by atoms with van der Waals surface area (Å²) in [7, 11) is 0. The van der Waals surface area contributed by atoms with E-state index in [0.29, 0.717) is 5.56 Å². The fraction of sp³-hybridized carbons (Fsp3) is 0.167. The standard InChI is InChI=1S/C18H17N3O4S/c1-2-9-19-18(26)16(20-10-3-4-13(11-20)12-22)17(23)14-5-7-15(8-6-14)21(24)25/h2-8,10-11,16,22H,1,9,12H2. The maximum atomic E-state index is 13.0. The number of nitro benzene ring substituents is 1. The van der Waals surface area contributed by atoms with Crippen molar-refractivity contribution in [3.63, 3.8) is 0 Å². The second kappa shape index (κ2) is 8.93. The van der Waals surface area contributed by atoms with Crippen molar-refractivity contribution in [2.24, 2.45) is 4.99 Å². The third-order valence-corrected chi connectivity index (χ3v) is 3.94. The second-order valence-electron chi connectivity index (χ2n) is 5.36. The molecule has 1 atom stereocenters. The first-order valence-electron chi connectivity index (χ1n) is 7.69. The van der Waals surface area contributed by atoms with Crippen LogP contribution in [0.1, 0.15) is 22.0 Å². The average molecular weight is 371 g/mol. The number of aliphatic hydroxyl groups excluding tert-OH is 1. The van der Waals surface area contributed by atoms with E-state index in [9.17, 15) is 20.0 Å². The Labute approximate surface area is 155 Å². The third-order valence-electron chi connectivity index (χ3n) is 3.59. The normalized spacial score (nSPS) is 12.4. The highest BCUT2D eigenvalue weighted by atomic mass is 32.1. The zero-order valence-electron chi connectivity index (χ0n) is 13.8. The summed E-state index contributed by atoms with van der Waals surface area (Å²) in [5, 5.41) is 20.3. The molecule has 0 saturated heterocycles. The Hall–Kier alpha value is -2.97. The van der Waals surface area contributed by atoms with Gasteiger partial charge >= 0.3 is 0 Å². The smallest absolute Gasteiger partial charge is 0.269 e. The van der Waals surface area contributed by atoms with E-state index in [4.69, 9.17) is 12.6 Å². The minimum atomic E-state index is -0.905. The quantitative estimate of drug-likeness (QED) is 0.112. The fourth-order valence-corrected chi connectivity index (χ4v) is 2.62. The molecule has 1 aromatic carbocycles. The summed E-state index contributed by atoms with van der Waals surface area (Å²) in [6, 6.07) is 7.82. The van der Waals surface area contributed by atoms with Gasteiger partial charge in [-0.25, -0.2) is 0 Å². The molecule has 0 radical (unpaired) electrons. The number of carbonyl (C=O) groups excluding carboxylic acids is 1. The van der Waals surface area contributed by atoms with Gasteiger partial charge in [0.05, 0.1) is 18.1 Å². The van der Waals surface area contributed by atoms with Crippen molar-refractivity contribution in [2.45, 2.75) is 12.6 Å².